The van der Waals surface area contributed by atoms with Crippen LogP contribution in [0.4, 0.5) is 26.3 Å². The van der Waals surface area contributed by atoms with Crippen molar-refractivity contribution in [3.63, 3.8) is 0 Å². The fourth-order valence-corrected chi connectivity index (χ4v) is 1.77. The number of hydrogen-bond donors (Lipinski definition) is 2. The van der Waals surface area contributed by atoms with Gasteiger partial charge in [-0.25, -0.2) is 9.59 Å². The Morgan fingerprint density at radius 2 is 1.07 bits per heavy atom. The quantitative estimate of drug-likeness (QED) is 0.694. The SMILES string of the molecule is Cc1ccc(C(=O)O)cc1.O=C(O)c1cc(C(F)(F)F)cc(C(F)(F)F)c1. The Morgan fingerprint density at radius 1 is 0.704 bits per heavy atom. The van der Waals surface area contributed by atoms with Crippen molar-refractivity contribution in [2.24, 2.45) is 0 Å². The summed E-state index contributed by atoms with van der Waals surface area (Å²) < 4.78 is 73.4. The molecule has 0 aliphatic heterocycles. The van der Waals surface area contributed by atoms with Crippen LogP contribution in [0.3, 0.4) is 0 Å². The lowest BCUT2D eigenvalue weighted by Gasteiger charge is -2.12. The lowest BCUT2D eigenvalue weighted by atomic mass is 10.0. The van der Waals surface area contributed by atoms with Crippen molar-refractivity contribution < 1.29 is 46.1 Å². The molecule has 2 rings (SSSR count). The van der Waals surface area contributed by atoms with E-state index >= 15 is 0 Å². The monoisotopic (exact) mass is 394 g/mol. The summed E-state index contributed by atoms with van der Waals surface area (Å²) in [5.74, 6) is -2.73. The van der Waals surface area contributed by atoms with E-state index in [0.29, 0.717) is 5.56 Å². The molecule has 146 valence electrons. The molecule has 2 aromatic carbocycles. The van der Waals surface area contributed by atoms with Crippen molar-refractivity contribution in [3.8, 4) is 0 Å². The second-order valence-corrected chi connectivity index (χ2v) is 5.27. The molecule has 0 saturated carbocycles. The first-order valence-electron chi connectivity index (χ1n) is 7.04. The van der Waals surface area contributed by atoms with Crippen molar-refractivity contribution in [2.75, 3.05) is 0 Å². The maximum Gasteiger partial charge on any atom is 0.416 e. The highest BCUT2D eigenvalue weighted by Gasteiger charge is 2.37. The van der Waals surface area contributed by atoms with Crippen LogP contribution in [0.1, 0.15) is 37.4 Å². The zero-order valence-electron chi connectivity index (χ0n) is 13.5. The van der Waals surface area contributed by atoms with E-state index in [9.17, 15) is 35.9 Å². The third-order valence-corrected chi connectivity index (χ3v) is 3.13. The van der Waals surface area contributed by atoms with E-state index in [1.54, 1.807) is 24.3 Å². The van der Waals surface area contributed by atoms with Crippen molar-refractivity contribution in [1.82, 2.24) is 0 Å². The number of carbonyl (C=O) groups is 2. The number of rotatable bonds is 2. The molecule has 0 fully saturated rings. The molecule has 27 heavy (non-hydrogen) atoms. The molecular formula is C17H12F6O4. The van der Waals surface area contributed by atoms with Crippen molar-refractivity contribution in [2.45, 2.75) is 19.3 Å². The van der Waals surface area contributed by atoms with Gasteiger partial charge in [0.25, 0.3) is 0 Å². The number of aromatic carboxylic acids is 2. The predicted molar refractivity (Wildman–Crippen MR) is 81.5 cm³/mol. The van der Waals surface area contributed by atoms with Gasteiger partial charge in [0.15, 0.2) is 0 Å². The molecule has 2 N–H and O–H groups in total. The van der Waals surface area contributed by atoms with Crippen LogP contribution in [0.2, 0.25) is 0 Å². The summed E-state index contributed by atoms with van der Waals surface area (Å²) in [6.07, 6.45) is -10.1. The number of benzene rings is 2. The van der Waals surface area contributed by atoms with Crippen LogP contribution in [0, 0.1) is 6.92 Å². The molecule has 0 spiro atoms. The number of carboxylic acid groups (broad SMARTS) is 2. The van der Waals surface area contributed by atoms with Crippen LogP contribution in [0.5, 0.6) is 0 Å². The zero-order chi connectivity index (χ0) is 21.0. The molecule has 0 amide bonds. The Kier molecular flexibility index (Phi) is 6.60. The molecule has 0 heterocycles. The zero-order valence-corrected chi connectivity index (χ0v) is 13.5. The summed E-state index contributed by atoms with van der Waals surface area (Å²) in [4.78, 5) is 20.7. The van der Waals surface area contributed by atoms with E-state index in [1.165, 1.54) is 0 Å². The highest BCUT2D eigenvalue weighted by Crippen LogP contribution is 2.36. The fraction of sp³-hybridized carbons (Fsp3) is 0.176. The van der Waals surface area contributed by atoms with E-state index in [-0.39, 0.29) is 18.2 Å². The maximum atomic E-state index is 12.2. The van der Waals surface area contributed by atoms with Crippen molar-refractivity contribution in [3.05, 3.63) is 70.3 Å². The molecule has 0 aliphatic carbocycles. The van der Waals surface area contributed by atoms with Gasteiger partial charge in [-0.3, -0.25) is 0 Å². The average molecular weight is 394 g/mol. The lowest BCUT2D eigenvalue weighted by molar-refractivity contribution is -0.143. The molecule has 0 atom stereocenters. The number of alkyl halides is 6. The highest BCUT2D eigenvalue weighted by atomic mass is 19.4. The topological polar surface area (TPSA) is 74.6 Å². The molecule has 0 radical (unpaired) electrons. The summed E-state index contributed by atoms with van der Waals surface area (Å²) in [5, 5.41) is 16.9. The van der Waals surface area contributed by atoms with Crippen LogP contribution < -0.4 is 0 Å². The van der Waals surface area contributed by atoms with Gasteiger partial charge in [0.1, 0.15) is 0 Å². The van der Waals surface area contributed by atoms with Crippen LogP contribution in [-0.2, 0) is 12.4 Å². The molecule has 0 aromatic heterocycles. The van der Waals surface area contributed by atoms with Gasteiger partial charge >= 0.3 is 24.3 Å². The minimum atomic E-state index is -5.04. The lowest BCUT2D eigenvalue weighted by Crippen LogP contribution is -2.13. The molecule has 0 aliphatic rings. The van der Waals surface area contributed by atoms with Gasteiger partial charge in [0.2, 0.25) is 0 Å². The Hall–Kier alpha value is -3.04. The Labute approximate surface area is 148 Å². The standard InChI is InChI=1S/C9H4F6O2.C8H8O2/c10-8(11,12)5-1-4(7(16)17)2-6(3-5)9(13,14)15;1-6-2-4-7(5-3-6)8(9)10/h1-3H,(H,16,17);2-5H,1H3,(H,9,10). The molecule has 4 nitrogen and oxygen atoms in total. The van der Waals surface area contributed by atoms with Gasteiger partial charge in [-0.1, -0.05) is 17.7 Å². The fourth-order valence-electron chi connectivity index (χ4n) is 1.77. The number of carboxylic acids is 2. The third-order valence-electron chi connectivity index (χ3n) is 3.13. The minimum Gasteiger partial charge on any atom is -0.478 e. The molecule has 0 saturated heterocycles. The largest absolute Gasteiger partial charge is 0.478 e. The van der Waals surface area contributed by atoms with E-state index < -0.39 is 41.0 Å². The van der Waals surface area contributed by atoms with Gasteiger partial charge in [-0.15, -0.1) is 0 Å². The van der Waals surface area contributed by atoms with Crippen LogP contribution in [0.15, 0.2) is 42.5 Å². The van der Waals surface area contributed by atoms with Gasteiger partial charge < -0.3 is 10.2 Å². The van der Waals surface area contributed by atoms with Crippen LogP contribution in [0.25, 0.3) is 0 Å². The Morgan fingerprint density at radius 3 is 1.37 bits per heavy atom. The number of hydrogen-bond acceptors (Lipinski definition) is 2. The van der Waals surface area contributed by atoms with E-state index in [0.717, 1.165) is 5.56 Å². The molecule has 2 aromatic rings. The Balaban J connectivity index is 0.000000309. The number of halogens is 6. The number of aryl methyl sites for hydroxylation is 1. The average Bonchev–Trinajstić information content (AvgIpc) is 2.53. The molecule has 0 bridgehead atoms. The van der Waals surface area contributed by atoms with Gasteiger partial charge in [0, 0.05) is 0 Å². The first-order chi connectivity index (χ1) is 12.2. The first kappa shape index (κ1) is 22.0. The van der Waals surface area contributed by atoms with Crippen molar-refractivity contribution in [1.29, 1.82) is 0 Å². The summed E-state index contributed by atoms with van der Waals surface area (Å²) in [5.41, 5.74) is -2.95. The second kappa shape index (κ2) is 8.11. The third kappa shape index (κ3) is 6.65. The second-order valence-electron chi connectivity index (χ2n) is 5.27. The van der Waals surface area contributed by atoms with Crippen LogP contribution >= 0.6 is 0 Å². The maximum absolute atomic E-state index is 12.2. The highest BCUT2D eigenvalue weighted by molar-refractivity contribution is 5.88. The van der Waals surface area contributed by atoms with Gasteiger partial charge in [-0.05, 0) is 37.3 Å². The summed E-state index contributed by atoms with van der Waals surface area (Å²) in [6.45, 7) is 1.92. The summed E-state index contributed by atoms with van der Waals surface area (Å²) in [7, 11) is 0. The van der Waals surface area contributed by atoms with Gasteiger partial charge in [-0.2, -0.15) is 26.3 Å². The first-order valence-corrected chi connectivity index (χ1v) is 7.04. The Bertz CT molecular complexity index is 791. The van der Waals surface area contributed by atoms with E-state index in [4.69, 9.17) is 10.2 Å². The molecule has 0 unspecified atom stereocenters. The summed E-state index contributed by atoms with van der Waals surface area (Å²) in [6, 6.07) is 6.92. The van der Waals surface area contributed by atoms with Crippen molar-refractivity contribution >= 4 is 11.9 Å². The van der Waals surface area contributed by atoms with E-state index in [2.05, 4.69) is 0 Å². The normalized spacial score (nSPS) is 11.4. The summed E-state index contributed by atoms with van der Waals surface area (Å²) >= 11 is 0. The molecule has 10 heteroatoms. The minimum absolute atomic E-state index is 0.133. The van der Waals surface area contributed by atoms with Gasteiger partial charge in [0.05, 0.1) is 22.3 Å². The predicted octanol–water partition coefficient (Wildman–Crippen LogP) is 5.12. The van der Waals surface area contributed by atoms with E-state index in [1.807, 2.05) is 6.92 Å². The van der Waals surface area contributed by atoms with Crippen LogP contribution in [-0.4, -0.2) is 22.2 Å². The smallest absolute Gasteiger partial charge is 0.416 e. The molecular weight excluding hydrogens is 382 g/mol.